The molecule has 6 nitrogen and oxygen atoms in total. The fraction of sp³-hybridized carbons (Fsp3) is 0.727. The molecule has 0 radical (unpaired) electrons. The summed E-state index contributed by atoms with van der Waals surface area (Å²) in [7, 11) is 3.37. The van der Waals surface area contributed by atoms with Crippen LogP contribution in [0.15, 0.2) is 0 Å². The van der Waals surface area contributed by atoms with E-state index in [0.717, 1.165) is 0 Å². The quantitative estimate of drug-likeness (QED) is 0.654. The third-order valence-electron chi connectivity index (χ3n) is 2.77. The molecule has 1 aliphatic rings. The highest BCUT2D eigenvalue weighted by Crippen LogP contribution is 2.05. The second-order valence-electron chi connectivity index (χ2n) is 4.38. The van der Waals surface area contributed by atoms with Crippen molar-refractivity contribution in [2.24, 2.45) is 0 Å². The predicted molar refractivity (Wildman–Crippen MR) is 62.1 cm³/mol. The molecule has 0 spiro atoms. The third kappa shape index (κ3) is 3.52. The number of nitrogens with one attached hydrogen (secondary N) is 1. The lowest BCUT2D eigenvalue weighted by Crippen LogP contribution is -2.57. The average molecular weight is 241 g/mol. The van der Waals surface area contributed by atoms with Crippen LogP contribution in [0, 0.1) is 0 Å². The van der Waals surface area contributed by atoms with Gasteiger partial charge in [0, 0.05) is 27.1 Å². The molecule has 17 heavy (non-hydrogen) atoms. The van der Waals surface area contributed by atoms with Gasteiger partial charge in [0.15, 0.2) is 0 Å². The van der Waals surface area contributed by atoms with Gasteiger partial charge in [-0.25, -0.2) is 0 Å². The van der Waals surface area contributed by atoms with Gasteiger partial charge in [-0.05, 0) is 13.3 Å². The van der Waals surface area contributed by atoms with Crippen molar-refractivity contribution < 1.29 is 14.4 Å². The van der Waals surface area contributed by atoms with Crippen LogP contribution in [0.5, 0.6) is 0 Å². The van der Waals surface area contributed by atoms with Gasteiger partial charge in [0.2, 0.25) is 17.7 Å². The van der Waals surface area contributed by atoms with Gasteiger partial charge in [0.25, 0.3) is 0 Å². The van der Waals surface area contributed by atoms with Crippen molar-refractivity contribution >= 4 is 17.7 Å². The number of carbonyl (C=O) groups is 3. The number of hydrogen-bond donors (Lipinski definition) is 1. The summed E-state index contributed by atoms with van der Waals surface area (Å²) in [6.45, 7) is 2.24. The van der Waals surface area contributed by atoms with E-state index in [1.165, 1.54) is 9.80 Å². The molecule has 0 saturated carbocycles. The smallest absolute Gasteiger partial charge is 0.246 e. The van der Waals surface area contributed by atoms with Crippen LogP contribution in [0.4, 0.5) is 0 Å². The summed E-state index contributed by atoms with van der Waals surface area (Å²) in [5, 5.41) is 2.81. The number of imide groups is 1. The summed E-state index contributed by atoms with van der Waals surface area (Å²) >= 11 is 0. The molecule has 0 aliphatic carbocycles. The van der Waals surface area contributed by atoms with Crippen LogP contribution in [0.3, 0.4) is 0 Å². The molecule has 1 atom stereocenters. The zero-order valence-electron chi connectivity index (χ0n) is 10.5. The predicted octanol–water partition coefficient (Wildman–Crippen LogP) is -0.798. The van der Waals surface area contributed by atoms with Crippen LogP contribution < -0.4 is 5.32 Å². The highest BCUT2D eigenvalue weighted by molar-refractivity contribution is 6.00. The number of nitrogens with zero attached hydrogens (tertiary/aromatic N) is 2. The van der Waals surface area contributed by atoms with E-state index in [1.807, 2.05) is 0 Å². The molecule has 0 aromatic rings. The maximum absolute atomic E-state index is 11.7. The second kappa shape index (κ2) is 5.77. The van der Waals surface area contributed by atoms with Crippen molar-refractivity contribution in [1.29, 1.82) is 0 Å². The molecule has 1 unspecified atom stereocenters. The van der Waals surface area contributed by atoms with E-state index in [2.05, 4.69) is 5.32 Å². The van der Waals surface area contributed by atoms with E-state index in [1.54, 1.807) is 21.0 Å². The normalized spacial score (nSPS) is 20.6. The van der Waals surface area contributed by atoms with E-state index >= 15 is 0 Å². The highest BCUT2D eigenvalue weighted by Gasteiger charge is 2.30. The first-order chi connectivity index (χ1) is 7.93. The largest absolute Gasteiger partial charge is 0.349 e. The number of rotatable bonds is 4. The van der Waals surface area contributed by atoms with E-state index in [9.17, 15) is 14.4 Å². The first kappa shape index (κ1) is 13.6. The molecule has 1 heterocycles. The van der Waals surface area contributed by atoms with Gasteiger partial charge >= 0.3 is 0 Å². The van der Waals surface area contributed by atoms with E-state index in [-0.39, 0.29) is 30.3 Å². The summed E-state index contributed by atoms with van der Waals surface area (Å²) in [4.78, 5) is 37.3. The summed E-state index contributed by atoms with van der Waals surface area (Å²) in [6, 6.07) is -0.322. The lowest BCUT2D eigenvalue weighted by Gasteiger charge is -2.29. The van der Waals surface area contributed by atoms with E-state index < -0.39 is 0 Å². The lowest BCUT2D eigenvalue weighted by atomic mass is 10.2. The monoisotopic (exact) mass is 241 g/mol. The Morgan fingerprint density at radius 1 is 1.47 bits per heavy atom. The number of amides is 3. The molecule has 1 N–H and O–H groups in total. The average Bonchev–Trinajstić information content (AvgIpc) is 2.28. The Labute approximate surface area is 101 Å². The number of piperazine rings is 1. The van der Waals surface area contributed by atoms with Crippen molar-refractivity contribution in [3.63, 3.8) is 0 Å². The summed E-state index contributed by atoms with van der Waals surface area (Å²) in [5.41, 5.74) is 0. The Morgan fingerprint density at radius 3 is 2.71 bits per heavy atom. The van der Waals surface area contributed by atoms with Crippen LogP contribution >= 0.6 is 0 Å². The molecular weight excluding hydrogens is 222 g/mol. The molecule has 0 aromatic heterocycles. The SMILES string of the molecule is CC1NCC(=O)N(CCCC(=O)N(C)C)C1=O. The van der Waals surface area contributed by atoms with Crippen molar-refractivity contribution in [2.45, 2.75) is 25.8 Å². The van der Waals surface area contributed by atoms with Gasteiger partial charge < -0.3 is 4.90 Å². The second-order valence-corrected chi connectivity index (χ2v) is 4.38. The van der Waals surface area contributed by atoms with Gasteiger partial charge in [0.05, 0.1) is 12.6 Å². The van der Waals surface area contributed by atoms with Gasteiger partial charge in [-0.3, -0.25) is 24.6 Å². The third-order valence-corrected chi connectivity index (χ3v) is 2.77. The number of hydrogen-bond acceptors (Lipinski definition) is 4. The van der Waals surface area contributed by atoms with E-state index in [4.69, 9.17) is 0 Å². The molecular formula is C11H19N3O3. The minimum atomic E-state index is -0.322. The van der Waals surface area contributed by atoms with Crippen LogP contribution in [0.1, 0.15) is 19.8 Å². The Hall–Kier alpha value is -1.43. The topological polar surface area (TPSA) is 69.7 Å². The molecule has 1 saturated heterocycles. The summed E-state index contributed by atoms with van der Waals surface area (Å²) < 4.78 is 0. The fourth-order valence-electron chi connectivity index (χ4n) is 1.63. The lowest BCUT2D eigenvalue weighted by molar-refractivity contribution is -0.149. The Balaban J connectivity index is 2.42. The molecule has 1 aliphatic heterocycles. The fourth-order valence-corrected chi connectivity index (χ4v) is 1.63. The van der Waals surface area contributed by atoms with Crippen LogP contribution in [0.2, 0.25) is 0 Å². The first-order valence-corrected chi connectivity index (χ1v) is 5.71. The molecule has 6 heteroatoms. The maximum Gasteiger partial charge on any atom is 0.246 e. The molecule has 1 rings (SSSR count). The van der Waals surface area contributed by atoms with E-state index in [0.29, 0.717) is 19.4 Å². The van der Waals surface area contributed by atoms with Crippen molar-refractivity contribution in [3.05, 3.63) is 0 Å². The molecule has 0 bridgehead atoms. The van der Waals surface area contributed by atoms with Crippen molar-refractivity contribution in [2.75, 3.05) is 27.2 Å². The molecule has 3 amide bonds. The minimum absolute atomic E-state index is 0.00748. The molecule has 96 valence electrons. The summed E-state index contributed by atoms with van der Waals surface area (Å²) in [6.07, 6.45) is 0.868. The van der Waals surface area contributed by atoms with Gasteiger partial charge in [0.1, 0.15) is 0 Å². The number of carbonyl (C=O) groups excluding carboxylic acids is 3. The van der Waals surface area contributed by atoms with Crippen LogP contribution in [-0.2, 0) is 14.4 Å². The molecule has 0 aromatic carbocycles. The standard InChI is InChI=1S/C11H19N3O3/c1-8-11(17)14(10(16)7-12-8)6-4-5-9(15)13(2)3/h8,12H,4-7H2,1-3H3. The Morgan fingerprint density at radius 2 is 2.12 bits per heavy atom. The Kier molecular flexibility index (Phi) is 4.62. The Bertz CT molecular complexity index is 328. The molecule has 1 fully saturated rings. The summed E-state index contributed by atoms with van der Waals surface area (Å²) in [5.74, 6) is -0.419. The van der Waals surface area contributed by atoms with Crippen molar-refractivity contribution in [3.8, 4) is 0 Å². The first-order valence-electron chi connectivity index (χ1n) is 5.71. The van der Waals surface area contributed by atoms with Gasteiger partial charge in [-0.1, -0.05) is 0 Å². The van der Waals surface area contributed by atoms with Gasteiger partial charge in [-0.15, -0.1) is 0 Å². The highest BCUT2D eigenvalue weighted by atomic mass is 16.2. The maximum atomic E-state index is 11.7. The van der Waals surface area contributed by atoms with Crippen molar-refractivity contribution in [1.82, 2.24) is 15.1 Å². The zero-order valence-corrected chi connectivity index (χ0v) is 10.5. The van der Waals surface area contributed by atoms with Crippen LogP contribution in [0.25, 0.3) is 0 Å². The minimum Gasteiger partial charge on any atom is -0.349 e. The van der Waals surface area contributed by atoms with Gasteiger partial charge in [-0.2, -0.15) is 0 Å². The zero-order chi connectivity index (χ0) is 13.0. The van der Waals surface area contributed by atoms with Crippen LogP contribution in [-0.4, -0.2) is 60.7 Å².